The Kier molecular flexibility index (Phi) is 32.4. The van der Waals surface area contributed by atoms with Gasteiger partial charge in [0.15, 0.2) is 17.5 Å². The van der Waals surface area contributed by atoms with Crippen molar-refractivity contribution in [1.29, 1.82) is 0 Å². The van der Waals surface area contributed by atoms with Crippen LogP contribution < -0.4 is 47.3 Å². The number of ether oxygens (including phenoxy) is 9. The fraction of sp³-hybridized carbons (Fsp3) is 0.494. The van der Waals surface area contributed by atoms with E-state index in [1.807, 2.05) is 37.1 Å². The number of aromatic nitrogens is 12. The summed E-state index contributed by atoms with van der Waals surface area (Å²) in [5.41, 5.74) is 5.90. The largest absolute Gasteiger partial charge is 0.496 e. The van der Waals surface area contributed by atoms with Crippen LogP contribution in [0.4, 0.5) is 28.8 Å². The van der Waals surface area contributed by atoms with Crippen molar-refractivity contribution < 1.29 is 90.3 Å². The van der Waals surface area contributed by atoms with Crippen molar-refractivity contribution in [2.45, 2.75) is 71.3 Å². The van der Waals surface area contributed by atoms with Gasteiger partial charge in [0.1, 0.15) is 41.0 Å². The second-order valence-corrected chi connectivity index (χ2v) is 27.6. The van der Waals surface area contributed by atoms with Crippen molar-refractivity contribution in [3.8, 4) is 16.9 Å². The van der Waals surface area contributed by atoms with Crippen LogP contribution in [0.3, 0.4) is 0 Å². The number of hydrogen-bond acceptors (Lipinski definition) is 25. The molecule has 40 nitrogen and oxygen atoms in total. The number of methoxy groups -OCH3 is 2. The summed E-state index contributed by atoms with van der Waals surface area (Å²) in [5, 5.41) is 26.4. The molecule has 0 saturated carbocycles. The van der Waals surface area contributed by atoms with Gasteiger partial charge in [-0.1, -0.05) is 5.16 Å². The lowest BCUT2D eigenvalue weighted by atomic mass is 9.95. The number of carbonyl (C=O) groups excluding carboxylic acids is 9. The van der Waals surface area contributed by atoms with Crippen LogP contribution >= 0.6 is 0 Å². The number of carbonyl (C=O) groups is 9. The standard InChI is InChI=1S/C77H103N21O19/c1-48(46-108-9)98-69-54-40-59(109-10)55(68-49(2)91-117-50(68)3)39-56(54)82-41-57(69)85-70(98)51-15-21-97(22-16-51)67(103)47-116-36-35-115-34-33-114-32-31-113-30-29-112-28-27-111-26-25-110-24-20-78-63(99)13-17-81-75(105)72-88-61(44-95(72)7)87-66(102)14-18-80-74(104)58-37-52(42-93(58)5)83-77(107)73-89-60(45-96(73)8)86-64(100)11-12-65(101)90-62-38-53(43-94(62)6)84-76(106)71-79-19-23-92(71)4/h19,23,37-45,48,51H,11-18,20-22,24-36,46-47H2,1-10H3,(H,78,99)(H,80,104)(H,81,105)(H,83,107)(H,84,106)(H,86,100)(H,87,102)(H,90,101)/t48-/m1/s1. The third-order valence-corrected chi connectivity index (χ3v) is 18.9. The molecule has 10 rings (SSSR count). The number of hydrogen-bond donors (Lipinski definition) is 8. The van der Waals surface area contributed by atoms with E-state index >= 15 is 0 Å². The molecule has 0 radical (unpaired) electrons. The summed E-state index contributed by atoms with van der Waals surface area (Å²) in [4.78, 5) is 140. The van der Waals surface area contributed by atoms with E-state index in [0.717, 1.165) is 57.4 Å². The number of anilines is 5. The van der Waals surface area contributed by atoms with Gasteiger partial charge >= 0.3 is 0 Å². The molecule has 117 heavy (non-hydrogen) atoms. The molecule has 1 aliphatic rings. The Balaban J connectivity index is 0.488. The smallest absolute Gasteiger partial charge is 0.291 e. The van der Waals surface area contributed by atoms with Crippen molar-refractivity contribution in [3.05, 3.63) is 108 Å². The number of pyridine rings is 1. The SMILES string of the molecule is COC[C@@H](C)n1c(C2CCN(C(=O)COCCOCCOCCOCCOCCOCCOCCNC(=O)CCNC(=O)c3nc(NC(=O)CCNC(=O)c4cc(NC(=O)c5nc(NC(=O)CCC(=O)Nc6cc(NC(=O)c7nccn7C)cn6C)cn5C)cn4C)cn3C)CC2)nc2cnc3cc(-c4c(C)noc4C)c(OC)cc3c21. The molecule has 8 N–H and O–H groups in total. The van der Waals surface area contributed by atoms with Gasteiger partial charge in [0.05, 0.1) is 146 Å². The zero-order valence-corrected chi connectivity index (χ0v) is 67.5. The van der Waals surface area contributed by atoms with E-state index in [1.165, 1.54) is 44.6 Å². The molecule has 0 bridgehead atoms. The zero-order chi connectivity index (χ0) is 83.5. The first-order valence-electron chi connectivity index (χ1n) is 38.3. The second-order valence-electron chi connectivity index (χ2n) is 27.6. The molecule has 9 heterocycles. The summed E-state index contributed by atoms with van der Waals surface area (Å²) in [6, 6.07) is 7.01. The summed E-state index contributed by atoms with van der Waals surface area (Å²) in [5.74, 6) is -0.928. The molecule has 9 aromatic rings. The highest BCUT2D eigenvalue weighted by atomic mass is 16.6. The molecule has 1 aliphatic heterocycles. The van der Waals surface area contributed by atoms with Crippen LogP contribution in [0.1, 0.15) is 117 Å². The van der Waals surface area contributed by atoms with Gasteiger partial charge in [0.25, 0.3) is 23.6 Å². The lowest BCUT2D eigenvalue weighted by Crippen LogP contribution is -2.40. The number of benzene rings is 1. The normalized spacial score (nSPS) is 12.6. The predicted octanol–water partition coefficient (Wildman–Crippen LogP) is 4.33. The number of rotatable bonds is 47. The Morgan fingerprint density at radius 2 is 1.08 bits per heavy atom. The quantitative estimate of drug-likeness (QED) is 0.0246. The van der Waals surface area contributed by atoms with Crippen LogP contribution in [-0.4, -0.2) is 262 Å². The molecule has 1 fully saturated rings. The molecule has 8 aromatic heterocycles. The van der Waals surface area contributed by atoms with E-state index in [0.29, 0.717) is 115 Å². The minimum absolute atomic E-state index is 0.00861. The average Bonchev–Trinajstić information content (AvgIpc) is 1.61. The van der Waals surface area contributed by atoms with E-state index in [4.69, 9.17) is 57.1 Å². The van der Waals surface area contributed by atoms with E-state index in [2.05, 4.69) is 74.1 Å². The van der Waals surface area contributed by atoms with E-state index in [-0.39, 0.29) is 129 Å². The molecular formula is C77H103N21O19. The molecular weight excluding hydrogens is 1520 g/mol. The Morgan fingerprint density at radius 3 is 1.66 bits per heavy atom. The number of aryl methyl sites for hydroxylation is 7. The van der Waals surface area contributed by atoms with Gasteiger partial charge in [-0.2, -0.15) is 0 Å². The number of imidazole rings is 4. The first-order chi connectivity index (χ1) is 56.5. The first-order valence-corrected chi connectivity index (χ1v) is 38.3. The molecule has 40 heteroatoms. The summed E-state index contributed by atoms with van der Waals surface area (Å²) in [6.07, 6.45) is 11.9. The highest BCUT2D eigenvalue weighted by Crippen LogP contribution is 2.41. The second kappa shape index (κ2) is 43.2. The fourth-order valence-electron chi connectivity index (χ4n) is 13.1. The number of piperidine rings is 1. The first kappa shape index (κ1) is 87.6. The van der Waals surface area contributed by atoms with Crippen LogP contribution in [0.5, 0.6) is 5.75 Å². The maximum Gasteiger partial charge on any atom is 0.291 e. The predicted molar refractivity (Wildman–Crippen MR) is 426 cm³/mol. The van der Waals surface area contributed by atoms with Crippen molar-refractivity contribution in [2.75, 3.05) is 173 Å². The minimum atomic E-state index is -0.648. The summed E-state index contributed by atoms with van der Waals surface area (Å²) >= 11 is 0. The van der Waals surface area contributed by atoms with Gasteiger partial charge in [0, 0.05) is 161 Å². The Morgan fingerprint density at radius 1 is 0.530 bits per heavy atom. The minimum Gasteiger partial charge on any atom is -0.496 e. The molecule has 1 atom stereocenters. The lowest BCUT2D eigenvalue weighted by Gasteiger charge is -2.32. The molecule has 0 unspecified atom stereocenters. The third kappa shape index (κ3) is 24.6. The summed E-state index contributed by atoms with van der Waals surface area (Å²) in [7, 11) is 11.4. The molecule has 1 aromatic carbocycles. The lowest BCUT2D eigenvalue weighted by molar-refractivity contribution is -0.137. The fourth-order valence-corrected chi connectivity index (χ4v) is 13.1. The Bertz CT molecular complexity index is 4890. The Hall–Kier alpha value is -11.8. The highest BCUT2D eigenvalue weighted by molar-refractivity contribution is 6.07. The van der Waals surface area contributed by atoms with E-state index in [9.17, 15) is 43.2 Å². The van der Waals surface area contributed by atoms with Gasteiger partial charge in [-0.15, -0.1) is 0 Å². The number of fused-ring (bicyclic) bond motifs is 3. The number of nitrogens with one attached hydrogen (secondary N) is 8. The highest BCUT2D eigenvalue weighted by Gasteiger charge is 2.31. The van der Waals surface area contributed by atoms with Crippen LogP contribution in [0.2, 0.25) is 0 Å². The zero-order valence-electron chi connectivity index (χ0n) is 67.5. The number of likely N-dealkylation sites (tertiary alicyclic amines) is 1. The molecule has 630 valence electrons. The average molecular weight is 1630 g/mol. The van der Waals surface area contributed by atoms with E-state index < -0.39 is 41.4 Å². The molecule has 9 amide bonds. The van der Waals surface area contributed by atoms with Crippen LogP contribution in [0.25, 0.3) is 33.1 Å². The van der Waals surface area contributed by atoms with Gasteiger partial charge in [-0.25, -0.2) is 19.9 Å². The van der Waals surface area contributed by atoms with Crippen LogP contribution in [0.15, 0.2) is 72.2 Å². The molecule has 1 saturated heterocycles. The number of nitrogens with zero attached hydrogens (tertiary/aromatic N) is 13. The van der Waals surface area contributed by atoms with Crippen LogP contribution in [0, 0.1) is 13.8 Å². The van der Waals surface area contributed by atoms with Gasteiger partial charge < -0.3 is 122 Å². The van der Waals surface area contributed by atoms with Crippen LogP contribution in [-0.2, 0) is 97.1 Å². The number of amides is 9. The van der Waals surface area contributed by atoms with Gasteiger partial charge in [0.2, 0.25) is 41.2 Å². The van der Waals surface area contributed by atoms with Crippen molar-refractivity contribution in [2.24, 2.45) is 35.2 Å². The van der Waals surface area contributed by atoms with Crippen molar-refractivity contribution in [3.63, 3.8) is 0 Å². The maximum absolute atomic E-state index is 13.3. The maximum atomic E-state index is 13.3. The van der Waals surface area contributed by atoms with Crippen molar-refractivity contribution in [1.82, 2.24) is 78.3 Å². The monoisotopic (exact) mass is 1630 g/mol. The topological polar surface area (TPSA) is 456 Å². The van der Waals surface area contributed by atoms with Gasteiger partial charge in [-0.3, -0.25) is 48.1 Å². The van der Waals surface area contributed by atoms with E-state index in [1.54, 1.807) is 77.1 Å². The third-order valence-electron chi connectivity index (χ3n) is 18.9. The summed E-state index contributed by atoms with van der Waals surface area (Å²) in [6.45, 7) is 12.3. The molecule has 0 aliphatic carbocycles. The van der Waals surface area contributed by atoms with Gasteiger partial charge in [-0.05, 0) is 51.8 Å². The summed E-state index contributed by atoms with van der Waals surface area (Å²) < 4.78 is 66.0. The Labute approximate surface area is 673 Å². The van der Waals surface area contributed by atoms with Crippen molar-refractivity contribution >= 4 is 104 Å². The molecule has 0 spiro atoms.